The maximum Gasteiger partial charge on any atom is 0.272 e. The summed E-state index contributed by atoms with van der Waals surface area (Å²) in [6.45, 7) is 4.65. The fourth-order valence-electron chi connectivity index (χ4n) is 2.92. The molecular weight excluding hydrogens is 300 g/mol. The summed E-state index contributed by atoms with van der Waals surface area (Å²) < 4.78 is 0. The first-order chi connectivity index (χ1) is 11.7. The van der Waals surface area contributed by atoms with E-state index in [4.69, 9.17) is 0 Å². The molecule has 1 aliphatic rings. The average Bonchev–Trinajstić information content (AvgIpc) is 2.63. The Hall–Kier alpha value is -2.43. The van der Waals surface area contributed by atoms with Gasteiger partial charge in [0.25, 0.3) is 5.91 Å². The first-order valence-electron chi connectivity index (χ1n) is 8.61. The lowest BCUT2D eigenvalue weighted by molar-refractivity contribution is 0.0691. The molecule has 0 saturated carbocycles. The van der Waals surface area contributed by atoms with Gasteiger partial charge in [0.2, 0.25) is 0 Å². The highest BCUT2D eigenvalue weighted by Crippen LogP contribution is 2.18. The molecule has 1 aromatic heterocycles. The van der Waals surface area contributed by atoms with E-state index in [1.165, 1.54) is 11.9 Å². The predicted molar refractivity (Wildman–Crippen MR) is 95.0 cm³/mol. The van der Waals surface area contributed by atoms with Crippen molar-refractivity contribution >= 4 is 11.7 Å². The summed E-state index contributed by atoms with van der Waals surface area (Å²) >= 11 is 0. The molecule has 1 aliphatic heterocycles. The summed E-state index contributed by atoms with van der Waals surface area (Å²) in [6.07, 6.45) is 4.51. The van der Waals surface area contributed by atoms with Crippen LogP contribution in [0.3, 0.4) is 0 Å². The van der Waals surface area contributed by atoms with E-state index < -0.39 is 0 Å². The summed E-state index contributed by atoms with van der Waals surface area (Å²) in [5.41, 5.74) is 1.75. The number of aromatic nitrogens is 2. The molecule has 1 N–H and O–H groups in total. The molecular formula is C19H24N4O. The summed E-state index contributed by atoms with van der Waals surface area (Å²) in [4.78, 5) is 22.8. The SMILES string of the molecule is CC1CCN(C(=O)c2cc(NCCc3ccccc3)ncn2)CC1. The van der Waals surface area contributed by atoms with Crippen LogP contribution < -0.4 is 5.32 Å². The van der Waals surface area contributed by atoms with Crippen molar-refractivity contribution in [1.29, 1.82) is 0 Å². The Kier molecular flexibility index (Phi) is 5.41. The van der Waals surface area contributed by atoms with Crippen molar-refractivity contribution in [3.8, 4) is 0 Å². The van der Waals surface area contributed by atoms with E-state index in [2.05, 4.69) is 34.3 Å². The fourth-order valence-corrected chi connectivity index (χ4v) is 2.92. The number of nitrogens with zero attached hydrogens (tertiary/aromatic N) is 3. The van der Waals surface area contributed by atoms with Gasteiger partial charge in [-0.1, -0.05) is 37.3 Å². The lowest BCUT2D eigenvalue weighted by Gasteiger charge is -2.30. The largest absolute Gasteiger partial charge is 0.370 e. The third-order valence-electron chi connectivity index (χ3n) is 4.52. The van der Waals surface area contributed by atoms with E-state index in [0.717, 1.165) is 38.9 Å². The molecule has 3 rings (SSSR count). The Morgan fingerprint density at radius 2 is 1.96 bits per heavy atom. The second kappa shape index (κ2) is 7.90. The molecule has 1 amide bonds. The van der Waals surface area contributed by atoms with Gasteiger partial charge in [-0.05, 0) is 30.7 Å². The van der Waals surface area contributed by atoms with Crippen LogP contribution in [0.4, 0.5) is 5.82 Å². The highest BCUT2D eigenvalue weighted by Gasteiger charge is 2.22. The number of rotatable bonds is 5. The zero-order valence-electron chi connectivity index (χ0n) is 14.1. The average molecular weight is 324 g/mol. The van der Waals surface area contributed by atoms with Crippen molar-refractivity contribution in [1.82, 2.24) is 14.9 Å². The second-order valence-corrected chi connectivity index (χ2v) is 6.43. The van der Waals surface area contributed by atoms with E-state index in [1.807, 2.05) is 23.1 Å². The van der Waals surface area contributed by atoms with Gasteiger partial charge in [0.1, 0.15) is 17.8 Å². The van der Waals surface area contributed by atoms with Crippen LogP contribution in [0.25, 0.3) is 0 Å². The van der Waals surface area contributed by atoms with Crippen molar-refractivity contribution < 1.29 is 4.79 Å². The van der Waals surface area contributed by atoms with Gasteiger partial charge in [0.05, 0.1) is 0 Å². The number of carbonyl (C=O) groups excluding carboxylic acids is 1. The summed E-state index contributed by atoms with van der Waals surface area (Å²) in [7, 11) is 0. The number of nitrogens with one attached hydrogen (secondary N) is 1. The van der Waals surface area contributed by atoms with Gasteiger partial charge in [0.15, 0.2) is 0 Å². The van der Waals surface area contributed by atoms with E-state index in [1.54, 1.807) is 6.07 Å². The molecule has 0 spiro atoms. The van der Waals surface area contributed by atoms with Crippen molar-refractivity contribution in [3.63, 3.8) is 0 Å². The van der Waals surface area contributed by atoms with Crippen LogP contribution in [-0.4, -0.2) is 40.4 Å². The number of carbonyl (C=O) groups is 1. The molecule has 1 fully saturated rings. The van der Waals surface area contributed by atoms with Crippen molar-refractivity contribution in [2.24, 2.45) is 5.92 Å². The minimum Gasteiger partial charge on any atom is -0.370 e. The number of piperidine rings is 1. The van der Waals surface area contributed by atoms with E-state index in [0.29, 0.717) is 17.4 Å². The first-order valence-corrected chi connectivity index (χ1v) is 8.61. The maximum absolute atomic E-state index is 12.6. The van der Waals surface area contributed by atoms with Crippen LogP contribution in [-0.2, 0) is 6.42 Å². The number of anilines is 1. The van der Waals surface area contributed by atoms with Gasteiger partial charge in [0, 0.05) is 25.7 Å². The topological polar surface area (TPSA) is 58.1 Å². The van der Waals surface area contributed by atoms with E-state index in [9.17, 15) is 4.79 Å². The van der Waals surface area contributed by atoms with Crippen molar-refractivity contribution in [2.75, 3.05) is 25.0 Å². The van der Waals surface area contributed by atoms with Gasteiger partial charge in [-0.2, -0.15) is 0 Å². The Morgan fingerprint density at radius 3 is 2.71 bits per heavy atom. The van der Waals surface area contributed by atoms with Crippen LogP contribution in [0.2, 0.25) is 0 Å². The van der Waals surface area contributed by atoms with Crippen LogP contribution in [0, 0.1) is 5.92 Å². The smallest absolute Gasteiger partial charge is 0.272 e. The molecule has 5 heteroatoms. The summed E-state index contributed by atoms with van der Waals surface area (Å²) in [5, 5.41) is 3.28. The monoisotopic (exact) mass is 324 g/mol. The van der Waals surface area contributed by atoms with Crippen molar-refractivity contribution in [2.45, 2.75) is 26.2 Å². The van der Waals surface area contributed by atoms with Gasteiger partial charge < -0.3 is 10.2 Å². The Labute approximate surface area is 143 Å². The Morgan fingerprint density at radius 1 is 1.21 bits per heavy atom. The zero-order chi connectivity index (χ0) is 16.8. The summed E-state index contributed by atoms with van der Waals surface area (Å²) in [5.74, 6) is 1.42. The second-order valence-electron chi connectivity index (χ2n) is 6.43. The van der Waals surface area contributed by atoms with Crippen molar-refractivity contribution in [3.05, 3.63) is 54.0 Å². The third-order valence-corrected chi connectivity index (χ3v) is 4.52. The zero-order valence-corrected chi connectivity index (χ0v) is 14.1. The molecule has 0 aliphatic carbocycles. The molecule has 0 atom stereocenters. The first kappa shape index (κ1) is 16.4. The standard InChI is InChI=1S/C19H24N4O/c1-15-8-11-23(12-9-15)19(24)17-13-18(22-14-21-17)20-10-7-16-5-3-2-4-6-16/h2-6,13-15H,7-12H2,1H3,(H,20,21,22). The van der Waals surface area contributed by atoms with Gasteiger partial charge >= 0.3 is 0 Å². The molecule has 2 heterocycles. The number of amides is 1. The van der Waals surface area contributed by atoms with Crippen LogP contribution in [0.15, 0.2) is 42.7 Å². The molecule has 1 aromatic carbocycles. The quantitative estimate of drug-likeness (QED) is 0.918. The minimum atomic E-state index is 0.00964. The molecule has 1 saturated heterocycles. The number of hydrogen-bond acceptors (Lipinski definition) is 4. The fraction of sp³-hybridized carbons (Fsp3) is 0.421. The predicted octanol–water partition coefficient (Wildman–Crippen LogP) is 3.00. The number of hydrogen-bond donors (Lipinski definition) is 1. The molecule has 126 valence electrons. The Bertz CT molecular complexity index is 666. The molecule has 0 unspecified atom stereocenters. The maximum atomic E-state index is 12.6. The molecule has 0 bridgehead atoms. The lowest BCUT2D eigenvalue weighted by Crippen LogP contribution is -2.38. The van der Waals surface area contributed by atoms with E-state index >= 15 is 0 Å². The normalized spacial score (nSPS) is 15.3. The summed E-state index contributed by atoms with van der Waals surface area (Å²) in [6, 6.07) is 12.1. The van der Waals surface area contributed by atoms with E-state index in [-0.39, 0.29) is 5.91 Å². The number of likely N-dealkylation sites (tertiary alicyclic amines) is 1. The molecule has 5 nitrogen and oxygen atoms in total. The Balaban J connectivity index is 1.56. The van der Waals surface area contributed by atoms with Gasteiger partial charge in [-0.3, -0.25) is 4.79 Å². The van der Waals surface area contributed by atoms with Gasteiger partial charge in [-0.25, -0.2) is 9.97 Å². The van der Waals surface area contributed by atoms with Crippen LogP contribution in [0.5, 0.6) is 0 Å². The van der Waals surface area contributed by atoms with Crippen LogP contribution >= 0.6 is 0 Å². The highest BCUT2D eigenvalue weighted by atomic mass is 16.2. The minimum absolute atomic E-state index is 0.00964. The van der Waals surface area contributed by atoms with Crippen LogP contribution in [0.1, 0.15) is 35.8 Å². The highest BCUT2D eigenvalue weighted by molar-refractivity contribution is 5.92. The van der Waals surface area contributed by atoms with Gasteiger partial charge in [-0.15, -0.1) is 0 Å². The molecule has 2 aromatic rings. The number of benzene rings is 1. The lowest BCUT2D eigenvalue weighted by atomic mass is 9.99. The molecule has 0 radical (unpaired) electrons. The third kappa shape index (κ3) is 4.31. The molecule has 24 heavy (non-hydrogen) atoms.